The Hall–Kier alpha value is -2.08. The molecule has 0 bridgehead atoms. The summed E-state index contributed by atoms with van der Waals surface area (Å²) in [6.07, 6.45) is 1.80. The number of amidine groups is 1. The quantitative estimate of drug-likeness (QED) is 0.328. The van der Waals surface area contributed by atoms with E-state index in [4.69, 9.17) is 15.7 Å². The van der Waals surface area contributed by atoms with E-state index in [-0.39, 0.29) is 17.8 Å². The van der Waals surface area contributed by atoms with Crippen molar-refractivity contribution < 1.29 is 14.7 Å². The summed E-state index contributed by atoms with van der Waals surface area (Å²) in [6, 6.07) is 9.00. The SMILES string of the molecule is NC(=NO)C(C(=O)NC1CCCOC1)c1ccccc1. The molecule has 0 aromatic heterocycles. The Balaban J connectivity index is 2.12. The Morgan fingerprint density at radius 3 is 2.80 bits per heavy atom. The van der Waals surface area contributed by atoms with Crippen LogP contribution in [0.5, 0.6) is 0 Å². The first-order valence-corrected chi connectivity index (χ1v) is 6.63. The highest BCUT2D eigenvalue weighted by Gasteiger charge is 2.27. The smallest absolute Gasteiger partial charge is 0.235 e. The van der Waals surface area contributed by atoms with E-state index in [0.717, 1.165) is 19.4 Å². The third kappa shape index (κ3) is 3.48. The summed E-state index contributed by atoms with van der Waals surface area (Å²) in [6.45, 7) is 1.23. The third-order valence-corrected chi connectivity index (χ3v) is 3.31. The van der Waals surface area contributed by atoms with Crippen LogP contribution in [0.15, 0.2) is 35.5 Å². The maximum atomic E-state index is 12.4. The number of carbonyl (C=O) groups is 1. The van der Waals surface area contributed by atoms with Crippen molar-refractivity contribution >= 4 is 11.7 Å². The van der Waals surface area contributed by atoms with Gasteiger partial charge in [0.2, 0.25) is 5.91 Å². The Bertz CT molecular complexity index is 470. The second-order valence-electron chi connectivity index (χ2n) is 4.79. The highest BCUT2D eigenvalue weighted by Crippen LogP contribution is 2.17. The monoisotopic (exact) mass is 277 g/mol. The van der Waals surface area contributed by atoms with Crippen molar-refractivity contribution in [1.82, 2.24) is 5.32 Å². The van der Waals surface area contributed by atoms with Crippen molar-refractivity contribution in [3.8, 4) is 0 Å². The van der Waals surface area contributed by atoms with Crippen molar-refractivity contribution in [2.24, 2.45) is 10.9 Å². The zero-order chi connectivity index (χ0) is 14.4. The van der Waals surface area contributed by atoms with Crippen LogP contribution in [0.4, 0.5) is 0 Å². The highest BCUT2D eigenvalue weighted by molar-refractivity contribution is 6.07. The van der Waals surface area contributed by atoms with E-state index in [9.17, 15) is 4.79 Å². The van der Waals surface area contributed by atoms with Gasteiger partial charge in [0.15, 0.2) is 5.84 Å². The molecule has 1 aliphatic heterocycles. The lowest BCUT2D eigenvalue weighted by molar-refractivity contribution is -0.122. The number of hydrogen-bond acceptors (Lipinski definition) is 4. The maximum absolute atomic E-state index is 12.4. The van der Waals surface area contributed by atoms with Crippen molar-refractivity contribution in [2.75, 3.05) is 13.2 Å². The number of oxime groups is 1. The van der Waals surface area contributed by atoms with Crippen LogP contribution >= 0.6 is 0 Å². The first-order valence-electron chi connectivity index (χ1n) is 6.63. The van der Waals surface area contributed by atoms with Crippen LogP contribution in [-0.2, 0) is 9.53 Å². The van der Waals surface area contributed by atoms with E-state index >= 15 is 0 Å². The van der Waals surface area contributed by atoms with Gasteiger partial charge in [0.1, 0.15) is 5.92 Å². The largest absolute Gasteiger partial charge is 0.409 e. The van der Waals surface area contributed by atoms with Gasteiger partial charge in [-0.2, -0.15) is 0 Å². The Labute approximate surface area is 117 Å². The number of carbonyl (C=O) groups excluding carboxylic acids is 1. The lowest BCUT2D eigenvalue weighted by Crippen LogP contribution is -2.45. The van der Waals surface area contributed by atoms with Gasteiger partial charge in [-0.15, -0.1) is 0 Å². The number of rotatable bonds is 4. The number of nitrogens with one attached hydrogen (secondary N) is 1. The average molecular weight is 277 g/mol. The standard InChI is InChI=1S/C14H19N3O3/c15-13(17-19)12(10-5-2-1-3-6-10)14(18)16-11-7-4-8-20-9-11/h1-3,5-6,11-12,19H,4,7-9H2,(H2,15,17)(H,16,18). The molecular formula is C14H19N3O3. The molecule has 2 unspecified atom stereocenters. The predicted molar refractivity (Wildman–Crippen MR) is 74.6 cm³/mol. The van der Waals surface area contributed by atoms with E-state index in [0.29, 0.717) is 12.2 Å². The van der Waals surface area contributed by atoms with E-state index in [2.05, 4.69) is 10.5 Å². The van der Waals surface area contributed by atoms with Gasteiger partial charge < -0.3 is 21.0 Å². The normalized spacial score (nSPS) is 21.2. The van der Waals surface area contributed by atoms with Gasteiger partial charge in [-0.3, -0.25) is 4.79 Å². The summed E-state index contributed by atoms with van der Waals surface area (Å²) >= 11 is 0. The summed E-state index contributed by atoms with van der Waals surface area (Å²) in [4.78, 5) is 12.4. The average Bonchev–Trinajstić information content (AvgIpc) is 2.49. The first kappa shape index (κ1) is 14.3. The van der Waals surface area contributed by atoms with Crippen molar-refractivity contribution in [3.05, 3.63) is 35.9 Å². The molecule has 108 valence electrons. The van der Waals surface area contributed by atoms with Gasteiger partial charge in [-0.05, 0) is 18.4 Å². The number of nitrogens with two attached hydrogens (primary N) is 1. The first-order chi connectivity index (χ1) is 9.72. The van der Waals surface area contributed by atoms with Crippen LogP contribution in [0.3, 0.4) is 0 Å². The second kappa shape index (κ2) is 6.91. The molecule has 2 atom stereocenters. The molecule has 6 nitrogen and oxygen atoms in total. The lowest BCUT2D eigenvalue weighted by Gasteiger charge is -2.25. The van der Waals surface area contributed by atoms with Gasteiger partial charge in [-0.25, -0.2) is 0 Å². The zero-order valence-corrected chi connectivity index (χ0v) is 11.2. The van der Waals surface area contributed by atoms with Crippen molar-refractivity contribution in [3.63, 3.8) is 0 Å². The molecule has 0 saturated carbocycles. The highest BCUT2D eigenvalue weighted by atomic mass is 16.5. The molecule has 1 fully saturated rings. The Morgan fingerprint density at radius 2 is 2.20 bits per heavy atom. The molecule has 20 heavy (non-hydrogen) atoms. The molecule has 6 heteroatoms. The van der Waals surface area contributed by atoms with Crippen LogP contribution in [0.2, 0.25) is 0 Å². The molecule has 0 radical (unpaired) electrons. The molecule has 1 amide bonds. The molecule has 2 rings (SSSR count). The van der Waals surface area contributed by atoms with E-state index in [1.54, 1.807) is 12.1 Å². The minimum Gasteiger partial charge on any atom is -0.409 e. The van der Waals surface area contributed by atoms with Gasteiger partial charge in [0.05, 0.1) is 12.6 Å². The Morgan fingerprint density at radius 1 is 1.45 bits per heavy atom. The van der Waals surface area contributed by atoms with Gasteiger partial charge in [0, 0.05) is 6.61 Å². The fourth-order valence-electron chi connectivity index (χ4n) is 2.30. The van der Waals surface area contributed by atoms with Gasteiger partial charge >= 0.3 is 0 Å². The Kier molecular flexibility index (Phi) is 4.95. The summed E-state index contributed by atoms with van der Waals surface area (Å²) in [5.41, 5.74) is 6.35. The summed E-state index contributed by atoms with van der Waals surface area (Å²) < 4.78 is 5.33. The van der Waals surface area contributed by atoms with Crippen LogP contribution < -0.4 is 11.1 Å². The lowest BCUT2D eigenvalue weighted by atomic mass is 9.96. The maximum Gasteiger partial charge on any atom is 0.235 e. The molecule has 1 aromatic carbocycles. The second-order valence-corrected chi connectivity index (χ2v) is 4.79. The minimum atomic E-state index is -0.789. The summed E-state index contributed by atoms with van der Waals surface area (Å²) in [5, 5.41) is 14.8. The molecule has 0 spiro atoms. The van der Waals surface area contributed by atoms with Gasteiger partial charge in [-0.1, -0.05) is 35.5 Å². The fraction of sp³-hybridized carbons (Fsp3) is 0.429. The molecule has 1 aromatic rings. The molecule has 0 aliphatic carbocycles. The molecular weight excluding hydrogens is 258 g/mol. The van der Waals surface area contributed by atoms with Crippen LogP contribution in [-0.4, -0.2) is 36.2 Å². The third-order valence-electron chi connectivity index (χ3n) is 3.31. The van der Waals surface area contributed by atoms with E-state index < -0.39 is 5.92 Å². The van der Waals surface area contributed by atoms with Crippen LogP contribution in [0.25, 0.3) is 0 Å². The number of hydrogen-bond donors (Lipinski definition) is 3. The number of benzene rings is 1. The molecule has 4 N–H and O–H groups in total. The molecule has 1 saturated heterocycles. The van der Waals surface area contributed by atoms with Crippen molar-refractivity contribution in [2.45, 2.75) is 24.8 Å². The summed E-state index contributed by atoms with van der Waals surface area (Å²) in [7, 11) is 0. The predicted octanol–water partition coefficient (Wildman–Crippen LogP) is 0.812. The van der Waals surface area contributed by atoms with E-state index in [1.807, 2.05) is 18.2 Å². The zero-order valence-electron chi connectivity index (χ0n) is 11.2. The van der Waals surface area contributed by atoms with Crippen LogP contribution in [0.1, 0.15) is 24.3 Å². The van der Waals surface area contributed by atoms with E-state index in [1.165, 1.54) is 0 Å². The van der Waals surface area contributed by atoms with Crippen LogP contribution in [0, 0.1) is 0 Å². The van der Waals surface area contributed by atoms with Crippen molar-refractivity contribution in [1.29, 1.82) is 0 Å². The van der Waals surface area contributed by atoms with Gasteiger partial charge in [0.25, 0.3) is 0 Å². The summed E-state index contributed by atoms with van der Waals surface area (Å²) in [5.74, 6) is -1.18. The number of nitrogens with zero attached hydrogens (tertiary/aromatic N) is 1. The number of amides is 1. The minimum absolute atomic E-state index is 0.0195. The fourth-order valence-corrected chi connectivity index (χ4v) is 2.30. The molecule has 1 heterocycles. The molecule has 1 aliphatic rings. The topological polar surface area (TPSA) is 96.9 Å². The number of ether oxygens (including phenoxy) is 1.